The summed E-state index contributed by atoms with van der Waals surface area (Å²) in [5.41, 5.74) is 2.85. The number of benzene rings is 3. The standard InChI is InChI=1S/C24H26N2O/c1-17(27)18-10-12-20(13-11-18)24(2,26-21-14-15-25-16-21)23-9-5-7-19-6-3-4-8-22(19)23/h3-13,21,25-26H,14-16H2,1-2H3/t21-,24+/m0/s1. The van der Waals surface area contributed by atoms with Crippen LogP contribution in [0.15, 0.2) is 66.7 Å². The van der Waals surface area contributed by atoms with E-state index in [4.69, 9.17) is 0 Å². The number of rotatable bonds is 5. The molecule has 0 saturated carbocycles. The highest BCUT2D eigenvalue weighted by Gasteiger charge is 2.33. The fourth-order valence-electron chi connectivity index (χ4n) is 4.20. The van der Waals surface area contributed by atoms with Crippen LogP contribution in [0.25, 0.3) is 10.8 Å². The van der Waals surface area contributed by atoms with E-state index >= 15 is 0 Å². The van der Waals surface area contributed by atoms with Crippen molar-refractivity contribution in [2.24, 2.45) is 0 Å². The van der Waals surface area contributed by atoms with E-state index in [0.717, 1.165) is 25.1 Å². The van der Waals surface area contributed by atoms with E-state index in [1.165, 1.54) is 21.9 Å². The summed E-state index contributed by atoms with van der Waals surface area (Å²) in [4.78, 5) is 11.7. The van der Waals surface area contributed by atoms with Crippen molar-refractivity contribution in [1.82, 2.24) is 10.6 Å². The van der Waals surface area contributed by atoms with Gasteiger partial charge in [-0.1, -0.05) is 66.7 Å². The third-order valence-corrected chi connectivity index (χ3v) is 5.75. The van der Waals surface area contributed by atoms with Crippen LogP contribution in [0.2, 0.25) is 0 Å². The predicted octanol–water partition coefficient (Wildman–Crippen LogP) is 4.26. The highest BCUT2D eigenvalue weighted by atomic mass is 16.1. The highest BCUT2D eigenvalue weighted by molar-refractivity contribution is 5.94. The molecule has 0 amide bonds. The normalized spacial score (nSPS) is 19.1. The average molecular weight is 358 g/mol. The fraction of sp³-hybridized carbons (Fsp3) is 0.292. The Morgan fingerprint density at radius 1 is 1.04 bits per heavy atom. The topological polar surface area (TPSA) is 41.1 Å². The number of hydrogen-bond acceptors (Lipinski definition) is 3. The summed E-state index contributed by atoms with van der Waals surface area (Å²) in [5, 5.41) is 9.87. The summed E-state index contributed by atoms with van der Waals surface area (Å²) in [6, 6.07) is 23.5. The maximum absolute atomic E-state index is 11.7. The van der Waals surface area contributed by atoms with Gasteiger partial charge < -0.3 is 5.32 Å². The van der Waals surface area contributed by atoms with Gasteiger partial charge in [0.15, 0.2) is 5.78 Å². The molecule has 0 spiro atoms. The lowest BCUT2D eigenvalue weighted by Crippen LogP contribution is -2.47. The molecule has 0 bridgehead atoms. The molecule has 1 aliphatic rings. The molecular weight excluding hydrogens is 332 g/mol. The third-order valence-electron chi connectivity index (χ3n) is 5.75. The molecule has 3 heteroatoms. The molecule has 138 valence electrons. The number of Topliss-reactive ketones (excluding diaryl/α,β-unsaturated/α-hetero) is 1. The van der Waals surface area contributed by atoms with Gasteiger partial charge in [0.25, 0.3) is 0 Å². The fourth-order valence-corrected chi connectivity index (χ4v) is 4.20. The Morgan fingerprint density at radius 2 is 1.78 bits per heavy atom. The van der Waals surface area contributed by atoms with Crippen molar-refractivity contribution in [3.05, 3.63) is 83.4 Å². The zero-order valence-corrected chi connectivity index (χ0v) is 16.0. The van der Waals surface area contributed by atoms with E-state index in [0.29, 0.717) is 6.04 Å². The second-order valence-corrected chi connectivity index (χ2v) is 7.62. The van der Waals surface area contributed by atoms with Gasteiger partial charge in [-0.3, -0.25) is 10.1 Å². The molecular formula is C24H26N2O. The molecule has 0 aromatic heterocycles. The van der Waals surface area contributed by atoms with Gasteiger partial charge in [0.1, 0.15) is 0 Å². The van der Waals surface area contributed by atoms with Crippen molar-refractivity contribution in [3.63, 3.8) is 0 Å². The van der Waals surface area contributed by atoms with Crippen LogP contribution < -0.4 is 10.6 Å². The molecule has 1 heterocycles. The van der Waals surface area contributed by atoms with Crippen molar-refractivity contribution < 1.29 is 4.79 Å². The van der Waals surface area contributed by atoms with Gasteiger partial charge in [0.05, 0.1) is 5.54 Å². The van der Waals surface area contributed by atoms with E-state index in [1.807, 2.05) is 12.1 Å². The SMILES string of the molecule is CC(=O)c1ccc([C@@](C)(N[C@H]2CCNC2)c2cccc3ccccc23)cc1. The summed E-state index contributed by atoms with van der Waals surface area (Å²) in [6.45, 7) is 5.90. The van der Waals surface area contributed by atoms with Gasteiger partial charge in [0.2, 0.25) is 0 Å². The number of fused-ring (bicyclic) bond motifs is 1. The monoisotopic (exact) mass is 358 g/mol. The maximum atomic E-state index is 11.7. The van der Waals surface area contributed by atoms with Crippen molar-refractivity contribution in [1.29, 1.82) is 0 Å². The van der Waals surface area contributed by atoms with Crippen LogP contribution in [-0.4, -0.2) is 24.9 Å². The second kappa shape index (κ2) is 7.26. The summed E-state index contributed by atoms with van der Waals surface area (Å²) < 4.78 is 0. The van der Waals surface area contributed by atoms with Gasteiger partial charge in [0, 0.05) is 18.2 Å². The Balaban J connectivity index is 1.85. The van der Waals surface area contributed by atoms with Crippen LogP contribution in [0.4, 0.5) is 0 Å². The molecule has 3 aromatic rings. The summed E-state index contributed by atoms with van der Waals surface area (Å²) in [6.07, 6.45) is 1.12. The van der Waals surface area contributed by atoms with Crippen LogP contribution >= 0.6 is 0 Å². The number of carbonyl (C=O) groups excluding carboxylic acids is 1. The molecule has 1 aliphatic heterocycles. The van der Waals surface area contributed by atoms with E-state index in [9.17, 15) is 4.79 Å². The van der Waals surface area contributed by atoms with Gasteiger partial charge in [-0.25, -0.2) is 0 Å². The van der Waals surface area contributed by atoms with Crippen LogP contribution in [-0.2, 0) is 5.54 Å². The van der Waals surface area contributed by atoms with E-state index < -0.39 is 0 Å². The largest absolute Gasteiger partial charge is 0.315 e. The summed E-state index contributed by atoms with van der Waals surface area (Å²) in [5.74, 6) is 0.0985. The first-order valence-electron chi connectivity index (χ1n) is 9.66. The molecule has 27 heavy (non-hydrogen) atoms. The zero-order chi connectivity index (χ0) is 18.9. The van der Waals surface area contributed by atoms with Crippen molar-refractivity contribution in [2.75, 3.05) is 13.1 Å². The quantitative estimate of drug-likeness (QED) is 0.670. The lowest BCUT2D eigenvalue weighted by Gasteiger charge is -2.36. The van der Waals surface area contributed by atoms with Gasteiger partial charge in [-0.2, -0.15) is 0 Å². The van der Waals surface area contributed by atoms with E-state index in [2.05, 4.69) is 72.2 Å². The molecule has 4 rings (SSSR count). The molecule has 0 radical (unpaired) electrons. The zero-order valence-electron chi connectivity index (χ0n) is 16.0. The predicted molar refractivity (Wildman–Crippen MR) is 111 cm³/mol. The van der Waals surface area contributed by atoms with Crippen LogP contribution in [0, 0.1) is 0 Å². The Kier molecular flexibility index (Phi) is 4.81. The molecule has 1 fully saturated rings. The maximum Gasteiger partial charge on any atom is 0.159 e. The smallest absolute Gasteiger partial charge is 0.159 e. The second-order valence-electron chi connectivity index (χ2n) is 7.62. The van der Waals surface area contributed by atoms with Gasteiger partial charge in [-0.15, -0.1) is 0 Å². The van der Waals surface area contributed by atoms with Crippen molar-refractivity contribution in [2.45, 2.75) is 31.8 Å². The first-order chi connectivity index (χ1) is 13.1. The minimum Gasteiger partial charge on any atom is -0.315 e. The minimum atomic E-state index is -0.340. The van der Waals surface area contributed by atoms with Crippen molar-refractivity contribution >= 4 is 16.6 Å². The Hall–Kier alpha value is -2.49. The summed E-state index contributed by atoms with van der Waals surface area (Å²) in [7, 11) is 0. The van der Waals surface area contributed by atoms with Crippen LogP contribution in [0.3, 0.4) is 0 Å². The first-order valence-corrected chi connectivity index (χ1v) is 9.66. The molecule has 0 unspecified atom stereocenters. The third kappa shape index (κ3) is 3.41. The highest BCUT2D eigenvalue weighted by Crippen LogP contribution is 2.35. The molecule has 3 nitrogen and oxygen atoms in total. The van der Waals surface area contributed by atoms with Crippen LogP contribution in [0.1, 0.15) is 41.8 Å². The lowest BCUT2D eigenvalue weighted by molar-refractivity contribution is 0.101. The van der Waals surface area contributed by atoms with Crippen molar-refractivity contribution in [3.8, 4) is 0 Å². The molecule has 2 N–H and O–H groups in total. The number of nitrogens with one attached hydrogen (secondary N) is 2. The first kappa shape index (κ1) is 17.9. The van der Waals surface area contributed by atoms with E-state index in [-0.39, 0.29) is 11.3 Å². The Bertz CT molecular complexity index is 952. The molecule has 3 aromatic carbocycles. The minimum absolute atomic E-state index is 0.0985. The number of hydrogen-bond donors (Lipinski definition) is 2. The Labute approximate surface area is 160 Å². The number of carbonyl (C=O) groups is 1. The molecule has 1 saturated heterocycles. The van der Waals surface area contributed by atoms with Crippen LogP contribution in [0.5, 0.6) is 0 Å². The summed E-state index contributed by atoms with van der Waals surface area (Å²) >= 11 is 0. The average Bonchev–Trinajstić information content (AvgIpc) is 3.20. The van der Waals surface area contributed by atoms with Gasteiger partial charge >= 0.3 is 0 Å². The lowest BCUT2D eigenvalue weighted by atomic mass is 9.81. The molecule has 0 aliphatic carbocycles. The molecule has 2 atom stereocenters. The number of ketones is 1. The Morgan fingerprint density at radius 3 is 2.48 bits per heavy atom. The van der Waals surface area contributed by atoms with Gasteiger partial charge in [-0.05, 0) is 48.7 Å². The van der Waals surface area contributed by atoms with E-state index in [1.54, 1.807) is 6.92 Å².